The molecule has 17 heavy (non-hydrogen) atoms. The highest BCUT2D eigenvalue weighted by Crippen LogP contribution is 2.27. The molecule has 90 valence electrons. The topological polar surface area (TPSA) is 63.0 Å². The first-order valence-corrected chi connectivity index (χ1v) is 4.87. The molecule has 1 rings (SSSR count). The van der Waals surface area contributed by atoms with Crippen molar-refractivity contribution in [2.45, 2.75) is 20.3 Å². The van der Waals surface area contributed by atoms with E-state index in [-0.39, 0.29) is 23.4 Å². The third-order valence-electron chi connectivity index (χ3n) is 2.14. The molecule has 0 saturated carbocycles. The molecule has 0 aromatic carbocycles. The van der Waals surface area contributed by atoms with Crippen LogP contribution in [-0.2, 0) is 4.74 Å². The van der Waals surface area contributed by atoms with Crippen molar-refractivity contribution in [1.29, 1.82) is 5.26 Å². The number of halogens is 2. The fourth-order valence-corrected chi connectivity index (χ4v) is 1.37. The highest BCUT2D eigenvalue weighted by molar-refractivity contribution is 5.92. The van der Waals surface area contributed by atoms with Gasteiger partial charge < -0.3 is 4.74 Å². The Bertz CT molecular complexity index is 481. The Morgan fingerprint density at radius 2 is 2.29 bits per heavy atom. The van der Waals surface area contributed by atoms with E-state index in [4.69, 9.17) is 5.26 Å². The molecular weight excluding hydrogens is 230 g/mol. The summed E-state index contributed by atoms with van der Waals surface area (Å²) in [5, 5.41) is 8.87. The number of aryl methyl sites for hydroxylation is 1. The van der Waals surface area contributed by atoms with Gasteiger partial charge in [0.2, 0.25) is 0 Å². The summed E-state index contributed by atoms with van der Waals surface area (Å²) in [6.45, 7) is 3.04. The van der Waals surface area contributed by atoms with E-state index in [2.05, 4.69) is 9.72 Å². The number of hydrogen-bond acceptors (Lipinski definition) is 4. The minimum atomic E-state index is -2.86. The van der Waals surface area contributed by atoms with Crippen molar-refractivity contribution >= 4 is 5.97 Å². The SMILES string of the molecule is CCOC(=O)c1cnc(C)c(C(F)F)c1C#N. The van der Waals surface area contributed by atoms with Crippen molar-refractivity contribution in [2.75, 3.05) is 6.61 Å². The van der Waals surface area contributed by atoms with E-state index >= 15 is 0 Å². The molecule has 0 aliphatic rings. The second kappa shape index (κ2) is 5.34. The number of aromatic nitrogens is 1. The average molecular weight is 240 g/mol. The molecule has 0 saturated heterocycles. The lowest BCUT2D eigenvalue weighted by molar-refractivity contribution is 0.0525. The number of nitrogens with zero attached hydrogens (tertiary/aromatic N) is 2. The van der Waals surface area contributed by atoms with Gasteiger partial charge in [-0.3, -0.25) is 4.98 Å². The van der Waals surface area contributed by atoms with Crippen molar-refractivity contribution in [2.24, 2.45) is 0 Å². The van der Waals surface area contributed by atoms with E-state index in [1.807, 2.05) is 0 Å². The Kier molecular flexibility index (Phi) is 4.10. The Balaban J connectivity index is 3.39. The van der Waals surface area contributed by atoms with Gasteiger partial charge in [0.05, 0.1) is 23.3 Å². The Labute approximate surface area is 96.8 Å². The van der Waals surface area contributed by atoms with E-state index in [1.54, 1.807) is 13.0 Å². The predicted molar refractivity (Wildman–Crippen MR) is 54.6 cm³/mol. The number of carbonyl (C=O) groups excluding carboxylic acids is 1. The van der Waals surface area contributed by atoms with Crippen LogP contribution in [-0.4, -0.2) is 17.6 Å². The van der Waals surface area contributed by atoms with E-state index in [0.29, 0.717) is 0 Å². The number of rotatable bonds is 3. The average Bonchev–Trinajstić information content (AvgIpc) is 2.27. The molecule has 1 aromatic heterocycles. The third kappa shape index (κ3) is 2.56. The fourth-order valence-electron chi connectivity index (χ4n) is 1.37. The summed E-state index contributed by atoms with van der Waals surface area (Å²) in [4.78, 5) is 15.1. The van der Waals surface area contributed by atoms with Crippen LogP contribution in [0.1, 0.15) is 40.5 Å². The van der Waals surface area contributed by atoms with Crippen molar-refractivity contribution in [3.05, 3.63) is 28.6 Å². The van der Waals surface area contributed by atoms with Crippen LogP contribution >= 0.6 is 0 Å². The minimum absolute atomic E-state index is 0.0320. The summed E-state index contributed by atoms with van der Waals surface area (Å²) in [6.07, 6.45) is -1.77. The molecule has 1 aromatic rings. The summed E-state index contributed by atoms with van der Waals surface area (Å²) in [5.41, 5.74) is -1.08. The second-order valence-electron chi connectivity index (χ2n) is 3.18. The van der Waals surface area contributed by atoms with Gasteiger partial charge in [-0.25, -0.2) is 13.6 Å². The van der Waals surface area contributed by atoms with Crippen LogP contribution in [0.5, 0.6) is 0 Å². The number of pyridine rings is 1. The molecule has 6 heteroatoms. The van der Waals surface area contributed by atoms with Crippen LogP contribution < -0.4 is 0 Å². The quantitative estimate of drug-likeness (QED) is 0.761. The third-order valence-corrected chi connectivity index (χ3v) is 2.14. The number of hydrogen-bond donors (Lipinski definition) is 0. The summed E-state index contributed by atoms with van der Waals surface area (Å²) >= 11 is 0. The Hall–Kier alpha value is -2.03. The lowest BCUT2D eigenvalue weighted by Gasteiger charge is -2.10. The van der Waals surface area contributed by atoms with Gasteiger partial charge >= 0.3 is 5.97 Å². The van der Waals surface area contributed by atoms with Gasteiger partial charge in [-0.1, -0.05) is 0 Å². The van der Waals surface area contributed by atoms with Crippen molar-refractivity contribution in [3.8, 4) is 6.07 Å². The first kappa shape index (κ1) is 13.0. The zero-order valence-corrected chi connectivity index (χ0v) is 9.33. The molecule has 0 N–H and O–H groups in total. The van der Waals surface area contributed by atoms with Crippen LogP contribution in [0.25, 0.3) is 0 Å². The highest BCUT2D eigenvalue weighted by Gasteiger charge is 2.23. The molecule has 0 aliphatic heterocycles. The minimum Gasteiger partial charge on any atom is -0.462 e. The van der Waals surface area contributed by atoms with Crippen LogP contribution in [0.15, 0.2) is 6.20 Å². The molecule has 0 bridgehead atoms. The summed E-state index contributed by atoms with van der Waals surface area (Å²) < 4.78 is 30.2. The molecule has 0 amide bonds. The van der Waals surface area contributed by atoms with Crippen LogP contribution in [0.2, 0.25) is 0 Å². The maximum atomic E-state index is 12.8. The second-order valence-corrected chi connectivity index (χ2v) is 3.18. The number of nitriles is 1. The van der Waals surface area contributed by atoms with Gasteiger partial charge in [-0.05, 0) is 13.8 Å². The summed E-state index contributed by atoms with van der Waals surface area (Å²) in [7, 11) is 0. The molecule has 0 spiro atoms. The number of carbonyl (C=O) groups is 1. The van der Waals surface area contributed by atoms with Gasteiger partial charge in [-0.15, -0.1) is 0 Å². The maximum Gasteiger partial charge on any atom is 0.341 e. The van der Waals surface area contributed by atoms with Crippen molar-refractivity contribution < 1.29 is 18.3 Å². The molecule has 0 atom stereocenters. The molecule has 1 heterocycles. The number of ether oxygens (including phenoxy) is 1. The standard InChI is InChI=1S/C11H10F2N2O2/c1-3-17-11(16)8-5-15-6(2)9(10(12)13)7(8)4-14/h5,10H,3H2,1-2H3. The lowest BCUT2D eigenvalue weighted by Crippen LogP contribution is -2.11. The number of esters is 1. The summed E-state index contributed by atoms with van der Waals surface area (Å²) in [6, 6.07) is 1.60. The van der Waals surface area contributed by atoms with Gasteiger partial charge in [0.15, 0.2) is 0 Å². The first-order chi connectivity index (χ1) is 8.02. The predicted octanol–water partition coefficient (Wildman–Crippen LogP) is 2.38. The van der Waals surface area contributed by atoms with E-state index in [1.165, 1.54) is 6.92 Å². The smallest absolute Gasteiger partial charge is 0.341 e. The molecule has 0 aliphatic carbocycles. The van der Waals surface area contributed by atoms with Crippen LogP contribution in [0, 0.1) is 18.3 Å². The maximum absolute atomic E-state index is 12.8. The Morgan fingerprint density at radius 3 is 2.76 bits per heavy atom. The van der Waals surface area contributed by atoms with Gasteiger partial charge in [0.25, 0.3) is 6.43 Å². The molecule has 0 fully saturated rings. The van der Waals surface area contributed by atoms with Crippen LogP contribution in [0.4, 0.5) is 8.78 Å². The zero-order valence-electron chi connectivity index (χ0n) is 9.33. The highest BCUT2D eigenvalue weighted by atomic mass is 19.3. The fraction of sp³-hybridized carbons (Fsp3) is 0.364. The molecule has 0 radical (unpaired) electrons. The van der Waals surface area contributed by atoms with Crippen molar-refractivity contribution in [3.63, 3.8) is 0 Å². The van der Waals surface area contributed by atoms with Gasteiger partial charge in [-0.2, -0.15) is 5.26 Å². The van der Waals surface area contributed by atoms with E-state index < -0.39 is 18.0 Å². The number of alkyl halides is 2. The molecule has 4 nitrogen and oxygen atoms in total. The largest absolute Gasteiger partial charge is 0.462 e. The monoisotopic (exact) mass is 240 g/mol. The summed E-state index contributed by atoms with van der Waals surface area (Å²) in [5.74, 6) is -0.821. The van der Waals surface area contributed by atoms with E-state index in [9.17, 15) is 13.6 Å². The van der Waals surface area contributed by atoms with E-state index in [0.717, 1.165) is 6.20 Å². The Morgan fingerprint density at radius 1 is 1.65 bits per heavy atom. The normalized spacial score (nSPS) is 10.1. The van der Waals surface area contributed by atoms with Gasteiger partial charge in [0.1, 0.15) is 6.07 Å². The lowest BCUT2D eigenvalue weighted by atomic mass is 10.0. The van der Waals surface area contributed by atoms with Gasteiger partial charge in [0, 0.05) is 11.9 Å². The van der Waals surface area contributed by atoms with Crippen molar-refractivity contribution in [1.82, 2.24) is 4.98 Å². The molecular formula is C11H10F2N2O2. The van der Waals surface area contributed by atoms with Crippen LogP contribution in [0.3, 0.4) is 0 Å². The first-order valence-electron chi connectivity index (χ1n) is 4.87. The molecule has 0 unspecified atom stereocenters. The zero-order chi connectivity index (χ0) is 13.0.